The van der Waals surface area contributed by atoms with E-state index in [-0.39, 0.29) is 17.4 Å². The molecule has 8 heteroatoms. The molecule has 0 bridgehead atoms. The van der Waals surface area contributed by atoms with Crippen LogP contribution in [0, 0.1) is 5.41 Å². The molecular formula is C23H32F3NO3S. The molecule has 3 rings (SSSR count). The highest BCUT2D eigenvalue weighted by atomic mass is 32.2. The van der Waals surface area contributed by atoms with E-state index in [0.29, 0.717) is 5.75 Å². The van der Waals surface area contributed by atoms with Crippen LogP contribution in [0.2, 0.25) is 0 Å². The molecule has 174 valence electrons. The number of halogens is 3. The van der Waals surface area contributed by atoms with Crippen molar-refractivity contribution in [1.29, 1.82) is 0 Å². The summed E-state index contributed by atoms with van der Waals surface area (Å²) in [6.07, 6.45) is 1.54. The Kier molecular flexibility index (Phi) is 7.21. The van der Waals surface area contributed by atoms with Gasteiger partial charge in [-0.25, -0.2) is 4.21 Å². The van der Waals surface area contributed by atoms with Gasteiger partial charge in [-0.15, -0.1) is 0 Å². The highest BCUT2D eigenvalue weighted by Crippen LogP contribution is 2.55. The molecule has 1 aromatic carbocycles. The van der Waals surface area contributed by atoms with Gasteiger partial charge in [-0.1, -0.05) is 6.07 Å². The third-order valence-corrected chi connectivity index (χ3v) is 7.76. The van der Waals surface area contributed by atoms with Crippen molar-refractivity contribution in [2.24, 2.45) is 9.81 Å². The van der Waals surface area contributed by atoms with Crippen molar-refractivity contribution in [1.82, 2.24) is 0 Å². The van der Waals surface area contributed by atoms with Crippen LogP contribution in [0.3, 0.4) is 0 Å². The number of alkyl halides is 3. The number of rotatable bonds is 6. The number of fused-ring (bicyclic) bond motifs is 1. The molecule has 0 heterocycles. The van der Waals surface area contributed by atoms with E-state index in [1.54, 1.807) is 13.2 Å². The molecular weight excluding hydrogens is 427 g/mol. The van der Waals surface area contributed by atoms with Gasteiger partial charge >= 0.3 is 6.18 Å². The molecule has 1 aromatic rings. The van der Waals surface area contributed by atoms with Crippen molar-refractivity contribution in [2.45, 2.75) is 82.2 Å². The summed E-state index contributed by atoms with van der Waals surface area (Å²) in [6.45, 7) is 5.25. The van der Waals surface area contributed by atoms with Crippen LogP contribution >= 0.6 is 0 Å². The molecule has 1 saturated carbocycles. The molecule has 2 atom stereocenters. The van der Waals surface area contributed by atoms with Gasteiger partial charge in [0.15, 0.2) is 0 Å². The summed E-state index contributed by atoms with van der Waals surface area (Å²) >= 11 is 0. The first-order valence-electron chi connectivity index (χ1n) is 10.7. The molecule has 0 radical (unpaired) electrons. The van der Waals surface area contributed by atoms with Crippen molar-refractivity contribution >= 4 is 17.2 Å². The van der Waals surface area contributed by atoms with Gasteiger partial charge < -0.3 is 9.47 Å². The van der Waals surface area contributed by atoms with E-state index in [1.807, 2.05) is 39.1 Å². The predicted octanol–water partition coefficient (Wildman–Crippen LogP) is 5.77. The van der Waals surface area contributed by atoms with Crippen LogP contribution < -0.4 is 4.74 Å². The Bertz CT molecular complexity index is 824. The van der Waals surface area contributed by atoms with Gasteiger partial charge in [-0.2, -0.15) is 17.6 Å². The first kappa shape index (κ1) is 24.2. The number of benzene rings is 1. The lowest BCUT2D eigenvalue weighted by Gasteiger charge is -2.40. The summed E-state index contributed by atoms with van der Waals surface area (Å²) in [7, 11) is 0.367. The zero-order valence-corrected chi connectivity index (χ0v) is 19.4. The maximum Gasteiger partial charge on any atom is 0.392 e. The summed E-state index contributed by atoms with van der Waals surface area (Å²) < 4.78 is 64.9. The average Bonchev–Trinajstić information content (AvgIpc) is 2.97. The first-order valence-corrected chi connectivity index (χ1v) is 11.9. The second-order valence-corrected chi connectivity index (χ2v) is 11.6. The van der Waals surface area contributed by atoms with Crippen LogP contribution in [0.4, 0.5) is 13.2 Å². The summed E-state index contributed by atoms with van der Waals surface area (Å²) in [6, 6.07) is 5.55. The smallest absolute Gasteiger partial charge is 0.392 e. The molecule has 0 N–H and O–H groups in total. The lowest BCUT2D eigenvalue weighted by Crippen LogP contribution is -2.35. The minimum Gasteiger partial charge on any atom is -0.493 e. The minimum atomic E-state index is -4.24. The summed E-state index contributed by atoms with van der Waals surface area (Å²) in [5.41, 5.74) is 2.15. The van der Waals surface area contributed by atoms with Gasteiger partial charge in [0.25, 0.3) is 0 Å². The third kappa shape index (κ3) is 5.89. The first-order chi connectivity index (χ1) is 14.4. The van der Waals surface area contributed by atoms with Crippen LogP contribution in [0.1, 0.15) is 69.9 Å². The second kappa shape index (κ2) is 9.22. The van der Waals surface area contributed by atoms with Gasteiger partial charge in [0.1, 0.15) is 16.7 Å². The van der Waals surface area contributed by atoms with Gasteiger partial charge in [0.05, 0.1) is 23.9 Å². The molecule has 31 heavy (non-hydrogen) atoms. The van der Waals surface area contributed by atoms with Crippen LogP contribution in [0.5, 0.6) is 5.75 Å². The molecule has 0 amide bonds. The van der Waals surface area contributed by atoms with Crippen molar-refractivity contribution < 1.29 is 26.9 Å². The molecule has 2 unspecified atom stereocenters. The van der Waals surface area contributed by atoms with E-state index >= 15 is 0 Å². The fourth-order valence-electron chi connectivity index (χ4n) is 4.62. The fourth-order valence-corrected chi connectivity index (χ4v) is 5.17. The van der Waals surface area contributed by atoms with E-state index < -0.39 is 34.9 Å². The van der Waals surface area contributed by atoms with Crippen LogP contribution in [-0.2, 0) is 22.1 Å². The Labute approximate surface area is 185 Å². The Morgan fingerprint density at radius 3 is 2.48 bits per heavy atom. The van der Waals surface area contributed by atoms with E-state index in [9.17, 15) is 17.4 Å². The Morgan fingerprint density at radius 1 is 1.23 bits per heavy atom. The van der Waals surface area contributed by atoms with E-state index in [1.165, 1.54) is 0 Å². The van der Waals surface area contributed by atoms with E-state index in [4.69, 9.17) is 9.47 Å². The molecule has 0 aromatic heterocycles. The number of ether oxygens (including phenoxy) is 2. The summed E-state index contributed by atoms with van der Waals surface area (Å²) in [4.78, 5) is 0. The number of nitrogens with zero attached hydrogens (tertiary/aromatic N) is 1. The quantitative estimate of drug-likeness (QED) is 0.508. The SMILES string of the molecule is COC1CCC2(CC1)Cc1ccc(OCCC(F)(F)F)cc1C2C=NS(=O)C(C)(C)C. The van der Waals surface area contributed by atoms with Gasteiger partial charge in [0.2, 0.25) is 0 Å². The van der Waals surface area contributed by atoms with Crippen molar-refractivity contribution in [3.8, 4) is 5.75 Å². The van der Waals surface area contributed by atoms with Crippen LogP contribution in [0.15, 0.2) is 22.6 Å². The van der Waals surface area contributed by atoms with Gasteiger partial charge in [-0.05, 0) is 81.5 Å². The highest BCUT2D eigenvalue weighted by molar-refractivity contribution is 7.85. The molecule has 0 aliphatic heterocycles. The van der Waals surface area contributed by atoms with E-state index in [0.717, 1.165) is 43.2 Å². The lowest BCUT2D eigenvalue weighted by atomic mass is 9.66. The average molecular weight is 460 g/mol. The predicted molar refractivity (Wildman–Crippen MR) is 117 cm³/mol. The topological polar surface area (TPSA) is 47.9 Å². The second-order valence-electron chi connectivity index (χ2n) is 9.64. The number of hydrogen-bond acceptors (Lipinski definition) is 3. The standard InChI is InChI=1S/C23H32F3NO3S/c1-21(2,3)31(28)27-15-20-19-13-18(30-12-11-23(24,25)26)6-5-16(19)14-22(20)9-7-17(29-4)8-10-22/h5-6,13,15,17,20H,7-12,14H2,1-4H3. The largest absolute Gasteiger partial charge is 0.493 e. The minimum absolute atomic E-state index is 0.0342. The zero-order valence-electron chi connectivity index (χ0n) is 18.6. The summed E-state index contributed by atoms with van der Waals surface area (Å²) in [5, 5.41) is 0. The molecule has 1 spiro atoms. The highest BCUT2D eigenvalue weighted by Gasteiger charge is 2.47. The molecule has 2 aliphatic carbocycles. The number of methoxy groups -OCH3 is 1. The molecule has 4 nitrogen and oxygen atoms in total. The van der Waals surface area contributed by atoms with Crippen molar-refractivity contribution in [3.63, 3.8) is 0 Å². The third-order valence-electron chi connectivity index (χ3n) is 6.40. The van der Waals surface area contributed by atoms with Gasteiger partial charge in [-0.3, -0.25) is 0 Å². The maximum absolute atomic E-state index is 12.6. The van der Waals surface area contributed by atoms with Crippen molar-refractivity contribution in [3.05, 3.63) is 29.3 Å². The van der Waals surface area contributed by atoms with Crippen LogP contribution in [-0.4, -0.2) is 41.2 Å². The molecule has 0 saturated heterocycles. The normalized spacial score (nSPS) is 27.6. The van der Waals surface area contributed by atoms with E-state index in [2.05, 4.69) is 4.40 Å². The Morgan fingerprint density at radius 2 is 1.90 bits per heavy atom. The monoisotopic (exact) mass is 459 g/mol. The lowest BCUT2D eigenvalue weighted by molar-refractivity contribution is -0.139. The summed E-state index contributed by atoms with van der Waals surface area (Å²) in [5.74, 6) is 0.388. The number of hydrogen-bond donors (Lipinski definition) is 0. The van der Waals surface area contributed by atoms with Crippen molar-refractivity contribution in [2.75, 3.05) is 13.7 Å². The molecule has 1 fully saturated rings. The zero-order chi connectivity index (χ0) is 22.9. The molecule has 2 aliphatic rings. The van der Waals surface area contributed by atoms with Crippen LogP contribution in [0.25, 0.3) is 0 Å². The maximum atomic E-state index is 12.6. The fraction of sp³-hybridized carbons (Fsp3) is 0.696. The Hall–Kier alpha value is -1.41. The Balaban J connectivity index is 1.86. The van der Waals surface area contributed by atoms with Gasteiger partial charge in [0, 0.05) is 19.2 Å².